The number of nitrogens with one attached hydrogen (secondary N) is 2. The van der Waals surface area contributed by atoms with E-state index in [4.69, 9.17) is 5.73 Å². The molecule has 0 heterocycles. The predicted octanol–water partition coefficient (Wildman–Crippen LogP) is 1.42. The highest BCUT2D eigenvalue weighted by molar-refractivity contribution is 5.88. The summed E-state index contributed by atoms with van der Waals surface area (Å²) in [5.41, 5.74) is 7.11. The van der Waals surface area contributed by atoms with Crippen molar-refractivity contribution >= 4 is 17.5 Å². The van der Waals surface area contributed by atoms with Crippen molar-refractivity contribution in [3.8, 4) is 0 Å². The first-order valence-corrected chi connectivity index (χ1v) is 6.32. The highest BCUT2D eigenvalue weighted by Crippen LogP contribution is 2.17. The molecule has 2 atom stereocenters. The molecule has 2 amide bonds. The molecule has 0 aliphatic heterocycles. The van der Waals surface area contributed by atoms with E-state index in [-0.39, 0.29) is 23.8 Å². The lowest BCUT2D eigenvalue weighted by atomic mass is 10.1. The van der Waals surface area contributed by atoms with Crippen LogP contribution in [0.4, 0.5) is 5.69 Å². The maximum atomic E-state index is 11.8. The molecular weight excluding hydrogens is 242 g/mol. The molecular formula is C14H21N3O2. The van der Waals surface area contributed by atoms with Crippen LogP contribution < -0.4 is 16.4 Å². The van der Waals surface area contributed by atoms with Crippen LogP contribution in [0.15, 0.2) is 24.3 Å². The Morgan fingerprint density at radius 3 is 2.58 bits per heavy atom. The van der Waals surface area contributed by atoms with E-state index in [2.05, 4.69) is 10.6 Å². The van der Waals surface area contributed by atoms with E-state index in [1.54, 1.807) is 6.92 Å². The third-order valence-electron chi connectivity index (χ3n) is 2.87. The molecule has 0 aliphatic carbocycles. The number of carbonyl (C=O) groups excluding carboxylic acids is 2. The molecule has 104 valence electrons. The summed E-state index contributed by atoms with van der Waals surface area (Å²) in [5.74, 6) is -0.397. The Hall–Kier alpha value is -1.88. The smallest absolute Gasteiger partial charge is 0.224 e. The van der Waals surface area contributed by atoms with Crippen LogP contribution in [0.2, 0.25) is 0 Å². The van der Waals surface area contributed by atoms with Gasteiger partial charge in [-0.15, -0.1) is 0 Å². The molecule has 0 radical (unpaired) electrons. The van der Waals surface area contributed by atoms with Crippen molar-refractivity contribution in [3.05, 3.63) is 29.8 Å². The lowest BCUT2D eigenvalue weighted by molar-refractivity contribution is -0.124. The molecule has 0 fully saturated rings. The number of nitrogens with two attached hydrogens (primary N) is 1. The second-order valence-corrected chi connectivity index (χ2v) is 4.67. The van der Waals surface area contributed by atoms with Gasteiger partial charge in [-0.3, -0.25) is 9.59 Å². The highest BCUT2D eigenvalue weighted by Gasteiger charge is 2.14. The van der Waals surface area contributed by atoms with Gasteiger partial charge in [-0.05, 0) is 24.6 Å². The maximum Gasteiger partial charge on any atom is 0.224 e. The van der Waals surface area contributed by atoms with Crippen LogP contribution in [-0.4, -0.2) is 18.4 Å². The molecule has 0 spiro atoms. The molecule has 19 heavy (non-hydrogen) atoms. The number of hydrogen-bond donors (Lipinski definition) is 3. The lowest BCUT2D eigenvalue weighted by Gasteiger charge is -2.17. The summed E-state index contributed by atoms with van der Waals surface area (Å²) in [5, 5.41) is 5.61. The van der Waals surface area contributed by atoms with Crippen LogP contribution in [0.5, 0.6) is 0 Å². The third-order valence-corrected chi connectivity index (χ3v) is 2.87. The van der Waals surface area contributed by atoms with Crippen LogP contribution in [0.1, 0.15) is 32.4 Å². The van der Waals surface area contributed by atoms with Gasteiger partial charge in [-0.1, -0.05) is 19.1 Å². The quantitative estimate of drug-likeness (QED) is 0.751. The SMILES string of the molecule is CC(=O)Nc1cccc(C(C)NC(=O)C(C)CN)c1. The number of rotatable bonds is 5. The molecule has 1 rings (SSSR count). The van der Waals surface area contributed by atoms with Crippen LogP contribution in [0.25, 0.3) is 0 Å². The van der Waals surface area contributed by atoms with Crippen molar-refractivity contribution in [2.45, 2.75) is 26.8 Å². The fourth-order valence-electron chi connectivity index (χ4n) is 1.64. The van der Waals surface area contributed by atoms with Crippen molar-refractivity contribution in [2.75, 3.05) is 11.9 Å². The molecule has 1 aromatic carbocycles. The monoisotopic (exact) mass is 263 g/mol. The molecule has 0 aliphatic rings. The first kappa shape index (κ1) is 15.2. The molecule has 5 heteroatoms. The topological polar surface area (TPSA) is 84.2 Å². The van der Waals surface area contributed by atoms with Crippen LogP contribution in [0.3, 0.4) is 0 Å². The Balaban J connectivity index is 2.74. The molecule has 2 unspecified atom stereocenters. The lowest BCUT2D eigenvalue weighted by Crippen LogP contribution is -2.34. The summed E-state index contributed by atoms with van der Waals surface area (Å²) in [6.45, 7) is 5.47. The van der Waals surface area contributed by atoms with Gasteiger partial charge < -0.3 is 16.4 Å². The first-order valence-electron chi connectivity index (χ1n) is 6.32. The van der Waals surface area contributed by atoms with E-state index in [0.29, 0.717) is 6.54 Å². The van der Waals surface area contributed by atoms with Gasteiger partial charge in [0.05, 0.1) is 6.04 Å². The Kier molecular flexibility index (Phi) is 5.51. The van der Waals surface area contributed by atoms with Crippen molar-refractivity contribution in [3.63, 3.8) is 0 Å². The normalized spacial score (nSPS) is 13.5. The molecule has 0 saturated heterocycles. The number of benzene rings is 1. The number of hydrogen-bond acceptors (Lipinski definition) is 3. The van der Waals surface area contributed by atoms with E-state index < -0.39 is 0 Å². The summed E-state index contributed by atoms with van der Waals surface area (Å²) in [4.78, 5) is 22.8. The van der Waals surface area contributed by atoms with Crippen molar-refractivity contribution in [1.29, 1.82) is 0 Å². The van der Waals surface area contributed by atoms with Crippen molar-refractivity contribution < 1.29 is 9.59 Å². The van der Waals surface area contributed by atoms with Crippen molar-refractivity contribution in [1.82, 2.24) is 5.32 Å². The Morgan fingerprint density at radius 2 is 2.00 bits per heavy atom. The Labute approximate surface area is 113 Å². The largest absolute Gasteiger partial charge is 0.349 e. The van der Waals surface area contributed by atoms with E-state index in [1.165, 1.54) is 6.92 Å². The number of anilines is 1. The fraction of sp³-hybridized carbons (Fsp3) is 0.429. The van der Waals surface area contributed by atoms with E-state index in [1.807, 2.05) is 31.2 Å². The molecule has 0 aromatic heterocycles. The third kappa shape index (κ3) is 4.71. The second kappa shape index (κ2) is 6.89. The predicted molar refractivity (Wildman–Crippen MR) is 75.5 cm³/mol. The minimum atomic E-state index is -0.207. The van der Waals surface area contributed by atoms with Gasteiger partial charge in [0.1, 0.15) is 0 Å². The zero-order valence-corrected chi connectivity index (χ0v) is 11.6. The van der Waals surface area contributed by atoms with E-state index >= 15 is 0 Å². The van der Waals surface area contributed by atoms with E-state index in [0.717, 1.165) is 11.3 Å². The zero-order chi connectivity index (χ0) is 14.4. The van der Waals surface area contributed by atoms with Gasteiger partial charge in [0.2, 0.25) is 11.8 Å². The summed E-state index contributed by atoms with van der Waals surface area (Å²) in [7, 11) is 0. The fourth-order valence-corrected chi connectivity index (χ4v) is 1.64. The minimum Gasteiger partial charge on any atom is -0.349 e. The number of amides is 2. The van der Waals surface area contributed by atoms with Crippen LogP contribution in [-0.2, 0) is 9.59 Å². The van der Waals surface area contributed by atoms with Gasteiger partial charge in [0, 0.05) is 25.1 Å². The minimum absolute atomic E-state index is 0.0695. The Morgan fingerprint density at radius 1 is 1.32 bits per heavy atom. The van der Waals surface area contributed by atoms with E-state index in [9.17, 15) is 9.59 Å². The molecule has 0 bridgehead atoms. The van der Waals surface area contributed by atoms with Gasteiger partial charge in [0.15, 0.2) is 0 Å². The summed E-state index contributed by atoms with van der Waals surface area (Å²) in [6, 6.07) is 7.27. The van der Waals surface area contributed by atoms with Gasteiger partial charge in [-0.2, -0.15) is 0 Å². The average molecular weight is 263 g/mol. The molecule has 0 saturated carbocycles. The molecule has 1 aromatic rings. The van der Waals surface area contributed by atoms with Gasteiger partial charge in [-0.25, -0.2) is 0 Å². The highest BCUT2D eigenvalue weighted by atomic mass is 16.2. The first-order chi connectivity index (χ1) is 8.93. The van der Waals surface area contributed by atoms with Gasteiger partial charge in [0.25, 0.3) is 0 Å². The maximum absolute atomic E-state index is 11.8. The molecule has 5 nitrogen and oxygen atoms in total. The summed E-state index contributed by atoms with van der Waals surface area (Å²) < 4.78 is 0. The summed E-state index contributed by atoms with van der Waals surface area (Å²) in [6.07, 6.45) is 0. The summed E-state index contributed by atoms with van der Waals surface area (Å²) >= 11 is 0. The average Bonchev–Trinajstić information content (AvgIpc) is 2.37. The van der Waals surface area contributed by atoms with Crippen LogP contribution in [0, 0.1) is 5.92 Å². The van der Waals surface area contributed by atoms with Crippen molar-refractivity contribution in [2.24, 2.45) is 11.7 Å². The second-order valence-electron chi connectivity index (χ2n) is 4.67. The van der Waals surface area contributed by atoms with Crippen LogP contribution >= 0.6 is 0 Å². The van der Waals surface area contributed by atoms with Gasteiger partial charge >= 0.3 is 0 Å². The number of carbonyl (C=O) groups is 2. The Bertz CT molecular complexity index is 460. The zero-order valence-electron chi connectivity index (χ0n) is 11.6. The molecule has 4 N–H and O–H groups in total. The standard InChI is InChI=1S/C14H21N3O2/c1-9(8-15)14(19)16-10(2)12-5-4-6-13(7-12)17-11(3)18/h4-7,9-10H,8,15H2,1-3H3,(H,16,19)(H,17,18).